The van der Waals surface area contributed by atoms with E-state index in [4.69, 9.17) is 26.2 Å². The molecule has 30 heavy (non-hydrogen) atoms. The number of pyridine rings is 1. The Hall–Kier alpha value is -3.43. The lowest BCUT2D eigenvalue weighted by atomic mass is 10.2. The standard InChI is InChI=1S/C20H19ClN6O3/c1-27-6-5-18(26-27)25-19-15-9-13(3-4-17(15)23-12-24-19)30-20-16(21)10-14(11-22-20)29-8-2-7-28/h3-6,9-12,28H,2,7-8H2,1H3,(H,23,24,25,26). The SMILES string of the molecule is Cn1ccc(Nc2ncnc3ccc(Oc4ncc(OCCCO)cc4Cl)cc23)n1. The molecule has 4 aromatic rings. The van der Waals surface area contributed by atoms with Gasteiger partial charge >= 0.3 is 0 Å². The second kappa shape index (κ2) is 8.93. The normalized spacial score (nSPS) is 10.9. The first-order valence-corrected chi connectivity index (χ1v) is 9.58. The lowest BCUT2D eigenvalue weighted by molar-refractivity contribution is 0.233. The summed E-state index contributed by atoms with van der Waals surface area (Å²) >= 11 is 6.29. The van der Waals surface area contributed by atoms with E-state index in [1.807, 2.05) is 31.4 Å². The third-order valence-corrected chi connectivity index (χ3v) is 4.41. The van der Waals surface area contributed by atoms with Crippen molar-refractivity contribution in [2.24, 2.45) is 7.05 Å². The number of aryl methyl sites for hydroxylation is 1. The first kappa shape index (κ1) is 19.9. The summed E-state index contributed by atoms with van der Waals surface area (Å²) < 4.78 is 13.0. The minimum absolute atomic E-state index is 0.0607. The number of aliphatic hydroxyl groups is 1. The third kappa shape index (κ3) is 4.58. The zero-order valence-electron chi connectivity index (χ0n) is 16.1. The summed E-state index contributed by atoms with van der Waals surface area (Å²) in [5.41, 5.74) is 0.752. The number of nitrogens with one attached hydrogen (secondary N) is 1. The molecule has 0 amide bonds. The number of hydrogen-bond donors (Lipinski definition) is 2. The van der Waals surface area contributed by atoms with Crippen LogP contribution in [-0.4, -0.2) is 43.1 Å². The topological polar surface area (TPSA) is 107 Å². The summed E-state index contributed by atoms with van der Waals surface area (Å²) in [5.74, 6) is 2.57. The highest BCUT2D eigenvalue weighted by Crippen LogP contribution is 2.32. The first-order valence-electron chi connectivity index (χ1n) is 9.21. The van der Waals surface area contributed by atoms with Crippen molar-refractivity contribution in [3.63, 3.8) is 0 Å². The van der Waals surface area contributed by atoms with Gasteiger partial charge in [-0.1, -0.05) is 11.6 Å². The quantitative estimate of drug-likeness (QED) is 0.410. The van der Waals surface area contributed by atoms with Crippen molar-refractivity contribution in [3.8, 4) is 17.4 Å². The van der Waals surface area contributed by atoms with Crippen LogP contribution in [0.3, 0.4) is 0 Å². The van der Waals surface area contributed by atoms with E-state index in [1.54, 1.807) is 16.8 Å². The third-order valence-electron chi connectivity index (χ3n) is 4.13. The van der Waals surface area contributed by atoms with Gasteiger partial charge in [-0.2, -0.15) is 5.10 Å². The zero-order valence-corrected chi connectivity index (χ0v) is 16.9. The smallest absolute Gasteiger partial charge is 0.238 e. The molecule has 0 saturated heterocycles. The lowest BCUT2D eigenvalue weighted by Crippen LogP contribution is -2.00. The number of rotatable bonds is 8. The van der Waals surface area contributed by atoms with Gasteiger partial charge in [-0.05, 0) is 18.2 Å². The van der Waals surface area contributed by atoms with Gasteiger partial charge in [-0.15, -0.1) is 0 Å². The van der Waals surface area contributed by atoms with E-state index in [9.17, 15) is 0 Å². The van der Waals surface area contributed by atoms with Crippen molar-refractivity contribution in [2.75, 3.05) is 18.5 Å². The number of nitrogens with zero attached hydrogens (tertiary/aromatic N) is 5. The monoisotopic (exact) mass is 426 g/mol. The van der Waals surface area contributed by atoms with Gasteiger partial charge in [0.25, 0.3) is 0 Å². The maximum absolute atomic E-state index is 8.83. The summed E-state index contributed by atoms with van der Waals surface area (Å²) in [5, 5.41) is 17.4. The molecule has 3 aromatic heterocycles. The van der Waals surface area contributed by atoms with Crippen LogP contribution in [0, 0.1) is 0 Å². The minimum atomic E-state index is 0.0607. The molecule has 0 fully saturated rings. The fraction of sp³-hybridized carbons (Fsp3) is 0.200. The number of aliphatic hydroxyl groups excluding tert-OH is 1. The maximum atomic E-state index is 8.83. The van der Waals surface area contributed by atoms with E-state index < -0.39 is 0 Å². The Labute approximate surface area is 177 Å². The first-order chi connectivity index (χ1) is 14.6. The highest BCUT2D eigenvalue weighted by Gasteiger charge is 2.11. The van der Waals surface area contributed by atoms with Crippen LogP contribution in [-0.2, 0) is 7.05 Å². The molecular weight excluding hydrogens is 408 g/mol. The molecule has 0 spiro atoms. The molecule has 0 saturated carbocycles. The summed E-state index contributed by atoms with van der Waals surface area (Å²) in [6, 6.07) is 8.89. The number of halogens is 1. The van der Waals surface area contributed by atoms with E-state index in [0.717, 1.165) is 10.9 Å². The van der Waals surface area contributed by atoms with Crippen molar-refractivity contribution in [1.82, 2.24) is 24.7 Å². The Kier molecular flexibility index (Phi) is 5.92. The Morgan fingerprint density at radius 1 is 1.13 bits per heavy atom. The van der Waals surface area contributed by atoms with Gasteiger partial charge in [-0.25, -0.2) is 15.0 Å². The second-order valence-corrected chi connectivity index (χ2v) is 6.79. The summed E-state index contributed by atoms with van der Waals surface area (Å²) in [4.78, 5) is 12.8. The fourth-order valence-corrected chi connectivity index (χ4v) is 2.92. The Bertz CT molecular complexity index is 1170. The van der Waals surface area contributed by atoms with E-state index in [-0.39, 0.29) is 12.5 Å². The van der Waals surface area contributed by atoms with Gasteiger partial charge in [0, 0.05) is 43.8 Å². The predicted molar refractivity (Wildman–Crippen MR) is 113 cm³/mol. The van der Waals surface area contributed by atoms with Gasteiger partial charge in [0.05, 0.1) is 18.3 Å². The average Bonchev–Trinajstić information content (AvgIpc) is 3.15. The van der Waals surface area contributed by atoms with Crippen LogP contribution < -0.4 is 14.8 Å². The van der Waals surface area contributed by atoms with Gasteiger partial charge in [0.1, 0.15) is 28.7 Å². The maximum Gasteiger partial charge on any atom is 0.238 e. The Balaban J connectivity index is 1.57. The van der Waals surface area contributed by atoms with Crippen molar-refractivity contribution in [1.29, 1.82) is 0 Å². The summed E-state index contributed by atoms with van der Waals surface area (Å²) in [6.45, 7) is 0.441. The molecule has 0 atom stereocenters. The lowest BCUT2D eigenvalue weighted by Gasteiger charge is -2.11. The van der Waals surface area contributed by atoms with Gasteiger partial charge in [-0.3, -0.25) is 4.68 Å². The predicted octanol–water partition coefficient (Wildman–Crippen LogP) is 3.71. The molecule has 0 aliphatic rings. The van der Waals surface area contributed by atoms with Crippen LogP contribution in [0.25, 0.3) is 10.9 Å². The van der Waals surface area contributed by atoms with E-state index in [2.05, 4.69) is 25.4 Å². The van der Waals surface area contributed by atoms with Crippen LogP contribution in [0.2, 0.25) is 5.02 Å². The Morgan fingerprint density at radius 2 is 2.03 bits per heavy atom. The van der Waals surface area contributed by atoms with Crippen molar-refractivity contribution in [2.45, 2.75) is 6.42 Å². The molecule has 0 aliphatic carbocycles. The van der Waals surface area contributed by atoms with E-state index in [0.29, 0.717) is 41.2 Å². The van der Waals surface area contributed by atoms with Crippen LogP contribution in [0.1, 0.15) is 6.42 Å². The van der Waals surface area contributed by atoms with Gasteiger partial charge in [0.15, 0.2) is 5.82 Å². The number of hydrogen-bond acceptors (Lipinski definition) is 8. The van der Waals surface area contributed by atoms with Gasteiger partial charge < -0.3 is 19.9 Å². The van der Waals surface area contributed by atoms with Crippen molar-refractivity contribution < 1.29 is 14.6 Å². The highest BCUT2D eigenvalue weighted by atomic mass is 35.5. The van der Waals surface area contributed by atoms with E-state index in [1.165, 1.54) is 12.5 Å². The fourth-order valence-electron chi connectivity index (χ4n) is 2.73. The minimum Gasteiger partial charge on any atom is -0.492 e. The van der Waals surface area contributed by atoms with Crippen LogP contribution >= 0.6 is 11.6 Å². The molecular formula is C20H19ClN6O3. The average molecular weight is 427 g/mol. The largest absolute Gasteiger partial charge is 0.492 e. The summed E-state index contributed by atoms with van der Waals surface area (Å²) in [6.07, 6.45) is 5.38. The van der Waals surface area contributed by atoms with Crippen LogP contribution in [0.5, 0.6) is 17.4 Å². The number of ether oxygens (including phenoxy) is 2. The number of anilines is 2. The number of benzene rings is 1. The van der Waals surface area contributed by atoms with Crippen molar-refractivity contribution in [3.05, 3.63) is 54.1 Å². The van der Waals surface area contributed by atoms with Crippen molar-refractivity contribution >= 4 is 34.1 Å². The molecule has 0 radical (unpaired) electrons. The molecule has 0 bridgehead atoms. The molecule has 0 aliphatic heterocycles. The van der Waals surface area contributed by atoms with Crippen LogP contribution in [0.4, 0.5) is 11.6 Å². The second-order valence-electron chi connectivity index (χ2n) is 6.39. The molecule has 3 heterocycles. The molecule has 9 nitrogen and oxygen atoms in total. The summed E-state index contributed by atoms with van der Waals surface area (Å²) in [7, 11) is 1.84. The zero-order chi connectivity index (χ0) is 20.9. The highest BCUT2D eigenvalue weighted by molar-refractivity contribution is 6.32. The van der Waals surface area contributed by atoms with Gasteiger partial charge in [0.2, 0.25) is 5.88 Å². The Morgan fingerprint density at radius 3 is 2.80 bits per heavy atom. The molecule has 1 aromatic carbocycles. The number of fused-ring (bicyclic) bond motifs is 1. The van der Waals surface area contributed by atoms with E-state index >= 15 is 0 Å². The molecule has 0 unspecified atom stereocenters. The molecule has 10 heteroatoms. The van der Waals surface area contributed by atoms with Crippen LogP contribution in [0.15, 0.2) is 49.1 Å². The molecule has 154 valence electrons. The molecule has 4 rings (SSSR count). The molecule has 2 N–H and O–H groups in total. The number of aromatic nitrogens is 5.